The highest BCUT2D eigenvalue weighted by atomic mass is 127. The molecule has 0 spiro atoms. The predicted molar refractivity (Wildman–Crippen MR) is 109 cm³/mol. The first-order valence-electron chi connectivity index (χ1n) is 8.12. The van der Waals surface area contributed by atoms with Gasteiger partial charge in [0.2, 0.25) is 5.89 Å². The van der Waals surface area contributed by atoms with Crippen LogP contribution in [0.25, 0.3) is 0 Å². The smallest absolute Gasteiger partial charge is 0.213 e. The van der Waals surface area contributed by atoms with Gasteiger partial charge in [0.1, 0.15) is 17.4 Å². The van der Waals surface area contributed by atoms with E-state index < -0.39 is 11.6 Å². The molecule has 0 amide bonds. The van der Waals surface area contributed by atoms with Gasteiger partial charge < -0.3 is 15.1 Å². The SMILES string of the molecule is CN=C(NCCc1cc(F)cc(F)c1)NCc1ncc(C(C)(C)C)o1.I. The van der Waals surface area contributed by atoms with Crippen LogP contribution in [0.4, 0.5) is 8.78 Å². The van der Waals surface area contributed by atoms with Crippen LogP contribution >= 0.6 is 24.0 Å². The molecule has 144 valence electrons. The molecule has 0 fully saturated rings. The number of guanidine groups is 1. The Hall–Kier alpha value is -1.71. The molecule has 0 aliphatic heterocycles. The number of aromatic nitrogens is 1. The van der Waals surface area contributed by atoms with Gasteiger partial charge in [-0.1, -0.05) is 20.8 Å². The maximum absolute atomic E-state index is 13.2. The Balaban J connectivity index is 0.00000338. The first kappa shape index (κ1) is 22.3. The average molecular weight is 478 g/mol. The second-order valence-corrected chi connectivity index (χ2v) is 6.75. The monoisotopic (exact) mass is 478 g/mol. The summed E-state index contributed by atoms with van der Waals surface area (Å²) < 4.78 is 32.0. The molecule has 8 heteroatoms. The van der Waals surface area contributed by atoms with Gasteiger partial charge in [-0.25, -0.2) is 13.8 Å². The zero-order valence-corrected chi connectivity index (χ0v) is 17.7. The summed E-state index contributed by atoms with van der Waals surface area (Å²) in [6.07, 6.45) is 2.20. The third-order valence-corrected chi connectivity index (χ3v) is 3.55. The minimum absolute atomic E-state index is 0. The Kier molecular flexibility index (Phi) is 8.45. The summed E-state index contributed by atoms with van der Waals surface area (Å²) in [4.78, 5) is 8.34. The van der Waals surface area contributed by atoms with Gasteiger partial charge >= 0.3 is 0 Å². The van der Waals surface area contributed by atoms with Crippen LogP contribution in [-0.2, 0) is 18.4 Å². The summed E-state index contributed by atoms with van der Waals surface area (Å²) in [6, 6.07) is 3.50. The Morgan fingerprint density at radius 3 is 2.35 bits per heavy atom. The molecule has 5 nitrogen and oxygen atoms in total. The summed E-state index contributed by atoms with van der Waals surface area (Å²) >= 11 is 0. The van der Waals surface area contributed by atoms with E-state index in [1.807, 2.05) is 0 Å². The van der Waals surface area contributed by atoms with Crippen molar-refractivity contribution in [1.29, 1.82) is 0 Å². The molecule has 1 aromatic heterocycles. The van der Waals surface area contributed by atoms with Crippen molar-refractivity contribution in [2.24, 2.45) is 4.99 Å². The molecule has 1 aromatic carbocycles. The van der Waals surface area contributed by atoms with E-state index in [4.69, 9.17) is 4.42 Å². The highest BCUT2D eigenvalue weighted by molar-refractivity contribution is 14.0. The standard InChI is InChI=1S/C18H24F2N4O.HI/c1-18(2,3)15-10-23-16(25-15)11-24-17(21-4)22-6-5-12-7-13(19)9-14(20)8-12;/h7-10H,5-6,11H2,1-4H3,(H2,21,22,24);1H. The van der Waals surface area contributed by atoms with Gasteiger partial charge in [-0.15, -0.1) is 24.0 Å². The zero-order valence-electron chi connectivity index (χ0n) is 15.4. The second-order valence-electron chi connectivity index (χ2n) is 6.75. The number of halogens is 3. The molecule has 0 unspecified atom stereocenters. The fourth-order valence-electron chi connectivity index (χ4n) is 2.20. The van der Waals surface area contributed by atoms with Crippen molar-refractivity contribution in [3.05, 3.63) is 53.2 Å². The van der Waals surface area contributed by atoms with Crippen molar-refractivity contribution >= 4 is 29.9 Å². The third kappa shape index (κ3) is 6.89. The van der Waals surface area contributed by atoms with E-state index in [0.29, 0.717) is 36.9 Å². The van der Waals surface area contributed by atoms with E-state index in [0.717, 1.165) is 11.8 Å². The van der Waals surface area contributed by atoms with Crippen molar-refractivity contribution in [3.8, 4) is 0 Å². The predicted octanol–water partition coefficient (Wildman–Crippen LogP) is 3.78. The normalized spacial score (nSPS) is 11.8. The van der Waals surface area contributed by atoms with Crippen LogP contribution in [0.2, 0.25) is 0 Å². The van der Waals surface area contributed by atoms with E-state index in [-0.39, 0.29) is 29.4 Å². The van der Waals surface area contributed by atoms with Crippen molar-refractivity contribution < 1.29 is 13.2 Å². The van der Waals surface area contributed by atoms with Crippen LogP contribution < -0.4 is 10.6 Å². The first-order valence-corrected chi connectivity index (χ1v) is 8.12. The molecule has 0 saturated heterocycles. The zero-order chi connectivity index (χ0) is 18.4. The van der Waals surface area contributed by atoms with Gasteiger partial charge in [-0.05, 0) is 24.1 Å². The van der Waals surface area contributed by atoms with Crippen molar-refractivity contribution in [2.75, 3.05) is 13.6 Å². The molecule has 26 heavy (non-hydrogen) atoms. The molecular weight excluding hydrogens is 453 g/mol. The van der Waals surface area contributed by atoms with Gasteiger partial charge in [0.05, 0.1) is 12.7 Å². The minimum Gasteiger partial charge on any atom is -0.443 e. The molecule has 2 N–H and O–H groups in total. The van der Waals surface area contributed by atoms with Crippen LogP contribution in [0.5, 0.6) is 0 Å². The maximum atomic E-state index is 13.2. The van der Waals surface area contributed by atoms with E-state index in [1.165, 1.54) is 12.1 Å². The third-order valence-electron chi connectivity index (χ3n) is 3.55. The summed E-state index contributed by atoms with van der Waals surface area (Å²) in [5, 5.41) is 6.18. The fraction of sp³-hybridized carbons (Fsp3) is 0.444. The molecule has 0 bridgehead atoms. The number of oxazole rings is 1. The summed E-state index contributed by atoms with van der Waals surface area (Å²) in [7, 11) is 1.65. The fourth-order valence-corrected chi connectivity index (χ4v) is 2.20. The highest BCUT2D eigenvalue weighted by Gasteiger charge is 2.19. The lowest BCUT2D eigenvalue weighted by atomic mass is 9.94. The molecule has 1 heterocycles. The maximum Gasteiger partial charge on any atom is 0.213 e. The lowest BCUT2D eigenvalue weighted by Crippen LogP contribution is -2.37. The van der Waals surface area contributed by atoms with Crippen LogP contribution in [0.1, 0.15) is 38.0 Å². The van der Waals surface area contributed by atoms with Crippen molar-refractivity contribution in [2.45, 2.75) is 39.2 Å². The molecule has 0 atom stereocenters. The van der Waals surface area contributed by atoms with Crippen LogP contribution in [-0.4, -0.2) is 24.5 Å². The Bertz CT molecular complexity index is 721. The Morgan fingerprint density at radius 2 is 1.81 bits per heavy atom. The van der Waals surface area contributed by atoms with Gasteiger partial charge in [0, 0.05) is 25.1 Å². The largest absolute Gasteiger partial charge is 0.443 e. The number of hydrogen-bond acceptors (Lipinski definition) is 3. The molecular formula is C18H25F2IN4O. The minimum atomic E-state index is -0.573. The van der Waals surface area contributed by atoms with Gasteiger partial charge in [-0.3, -0.25) is 4.99 Å². The summed E-state index contributed by atoms with van der Waals surface area (Å²) in [5.41, 5.74) is 0.494. The number of nitrogens with zero attached hydrogens (tertiary/aromatic N) is 2. The number of aliphatic imine (C=N–C) groups is 1. The van der Waals surface area contributed by atoms with E-state index in [2.05, 4.69) is 41.4 Å². The topological polar surface area (TPSA) is 62.5 Å². The lowest BCUT2D eigenvalue weighted by molar-refractivity contribution is 0.379. The number of benzene rings is 1. The van der Waals surface area contributed by atoms with Crippen LogP contribution in [0.3, 0.4) is 0 Å². The number of rotatable bonds is 5. The first-order chi connectivity index (χ1) is 11.8. The molecule has 2 rings (SSSR count). The molecule has 0 aliphatic rings. The van der Waals surface area contributed by atoms with Gasteiger partial charge in [0.25, 0.3) is 0 Å². The van der Waals surface area contributed by atoms with E-state index in [9.17, 15) is 8.78 Å². The van der Waals surface area contributed by atoms with Gasteiger partial charge in [0.15, 0.2) is 5.96 Å². The highest BCUT2D eigenvalue weighted by Crippen LogP contribution is 2.22. The van der Waals surface area contributed by atoms with Crippen LogP contribution in [0, 0.1) is 11.6 Å². The van der Waals surface area contributed by atoms with E-state index in [1.54, 1.807) is 13.2 Å². The number of hydrogen-bond donors (Lipinski definition) is 2. The number of nitrogens with one attached hydrogen (secondary N) is 2. The second kappa shape index (κ2) is 9.84. The molecule has 0 aliphatic carbocycles. The van der Waals surface area contributed by atoms with Gasteiger partial charge in [-0.2, -0.15) is 0 Å². The van der Waals surface area contributed by atoms with Crippen molar-refractivity contribution in [3.63, 3.8) is 0 Å². The quantitative estimate of drug-likeness (QED) is 0.390. The summed E-state index contributed by atoms with van der Waals surface area (Å²) in [5.74, 6) is 0.806. The molecule has 0 radical (unpaired) electrons. The lowest BCUT2D eigenvalue weighted by Gasteiger charge is -2.13. The Morgan fingerprint density at radius 1 is 1.15 bits per heavy atom. The molecule has 0 saturated carbocycles. The van der Waals surface area contributed by atoms with Crippen LogP contribution in [0.15, 0.2) is 33.8 Å². The average Bonchev–Trinajstić information content (AvgIpc) is 2.99. The van der Waals surface area contributed by atoms with Crippen molar-refractivity contribution in [1.82, 2.24) is 15.6 Å². The summed E-state index contributed by atoms with van der Waals surface area (Å²) in [6.45, 7) is 7.05. The molecule has 2 aromatic rings. The Labute approximate surface area is 169 Å². The van der Waals surface area contributed by atoms with E-state index >= 15 is 0 Å².